The van der Waals surface area contributed by atoms with Crippen LogP contribution in [0.5, 0.6) is 5.75 Å². The molecule has 4 aromatic heterocycles. The fourth-order valence-electron chi connectivity index (χ4n) is 3.42. The molecule has 6 rings (SSSR count). The lowest BCUT2D eigenvalue weighted by molar-refractivity contribution is 0.415. The molecule has 0 radical (unpaired) electrons. The molecule has 6 aromatic rings. The summed E-state index contributed by atoms with van der Waals surface area (Å²) in [6.45, 7) is 0. The molecule has 0 aliphatic carbocycles. The summed E-state index contributed by atoms with van der Waals surface area (Å²) in [5.74, 6) is 1.40. The number of benzene rings is 2. The number of H-pyrrole nitrogens is 1. The summed E-state index contributed by atoms with van der Waals surface area (Å²) in [5, 5.41) is 22.6. The summed E-state index contributed by atoms with van der Waals surface area (Å²) in [6.07, 6.45) is 0. The van der Waals surface area contributed by atoms with Gasteiger partial charge in [0, 0.05) is 10.9 Å². The highest BCUT2D eigenvalue weighted by Gasteiger charge is 2.17. The standard InChI is InChI=1S/C22H15N7OS/c1-30-15-9-6-14(7-10-15)18-12-19(25-24-18)20-26-27-22-29(20)28-21(31-22)17-11-8-13-4-2-3-5-16(13)23-17/h2-12H,1H3,(H,24,25). The van der Waals surface area contributed by atoms with Gasteiger partial charge in [0.1, 0.15) is 17.1 Å². The molecule has 0 bridgehead atoms. The molecule has 0 aliphatic rings. The first-order valence-corrected chi connectivity index (χ1v) is 10.4. The summed E-state index contributed by atoms with van der Waals surface area (Å²) in [5.41, 5.74) is 4.26. The highest BCUT2D eigenvalue weighted by atomic mass is 32.1. The molecule has 0 saturated heterocycles. The quantitative estimate of drug-likeness (QED) is 0.448. The topological polar surface area (TPSA) is 93.9 Å². The molecule has 1 N–H and O–H groups in total. The second-order valence-corrected chi connectivity index (χ2v) is 7.87. The van der Waals surface area contributed by atoms with Crippen LogP contribution in [0.4, 0.5) is 0 Å². The van der Waals surface area contributed by atoms with Crippen molar-refractivity contribution in [3.63, 3.8) is 0 Å². The van der Waals surface area contributed by atoms with Crippen molar-refractivity contribution in [3.05, 3.63) is 66.7 Å². The van der Waals surface area contributed by atoms with Gasteiger partial charge < -0.3 is 4.74 Å². The maximum absolute atomic E-state index is 5.22. The van der Waals surface area contributed by atoms with E-state index in [2.05, 4.69) is 26.5 Å². The average Bonchev–Trinajstić information content (AvgIpc) is 3.55. The number of ether oxygens (including phenoxy) is 1. The number of hydrogen-bond donors (Lipinski definition) is 1. The maximum atomic E-state index is 5.22. The van der Waals surface area contributed by atoms with E-state index in [4.69, 9.17) is 14.8 Å². The van der Waals surface area contributed by atoms with Crippen LogP contribution in [0.15, 0.2) is 66.7 Å². The van der Waals surface area contributed by atoms with Gasteiger partial charge >= 0.3 is 0 Å². The molecule has 2 aromatic carbocycles. The number of para-hydroxylation sites is 1. The molecule has 0 atom stereocenters. The zero-order valence-electron chi connectivity index (χ0n) is 16.4. The molecule has 0 aliphatic heterocycles. The minimum absolute atomic E-state index is 0.602. The largest absolute Gasteiger partial charge is 0.497 e. The van der Waals surface area contributed by atoms with Crippen LogP contribution in [-0.2, 0) is 0 Å². The Morgan fingerprint density at radius 1 is 0.935 bits per heavy atom. The number of aromatic amines is 1. The fourth-order valence-corrected chi connectivity index (χ4v) is 4.23. The van der Waals surface area contributed by atoms with Gasteiger partial charge in [-0.1, -0.05) is 35.6 Å². The van der Waals surface area contributed by atoms with Crippen LogP contribution in [0, 0.1) is 0 Å². The number of aromatic nitrogens is 7. The lowest BCUT2D eigenvalue weighted by Crippen LogP contribution is -1.92. The Kier molecular flexibility index (Phi) is 4.00. The molecule has 0 amide bonds. The third-order valence-corrected chi connectivity index (χ3v) is 5.93. The van der Waals surface area contributed by atoms with Crippen molar-refractivity contribution in [1.82, 2.24) is 35.0 Å². The van der Waals surface area contributed by atoms with E-state index in [0.717, 1.165) is 44.3 Å². The van der Waals surface area contributed by atoms with Crippen LogP contribution in [0.2, 0.25) is 0 Å². The lowest BCUT2D eigenvalue weighted by atomic mass is 10.1. The van der Waals surface area contributed by atoms with Gasteiger partial charge in [-0.2, -0.15) is 14.7 Å². The Morgan fingerprint density at radius 2 is 1.81 bits per heavy atom. The number of nitrogens with one attached hydrogen (secondary N) is 1. The third kappa shape index (κ3) is 3.03. The highest BCUT2D eigenvalue weighted by molar-refractivity contribution is 7.19. The molecular weight excluding hydrogens is 410 g/mol. The van der Waals surface area contributed by atoms with Crippen molar-refractivity contribution in [2.24, 2.45) is 0 Å². The van der Waals surface area contributed by atoms with Crippen molar-refractivity contribution in [3.8, 4) is 39.2 Å². The van der Waals surface area contributed by atoms with Crippen molar-refractivity contribution >= 4 is 27.2 Å². The first-order chi connectivity index (χ1) is 15.3. The van der Waals surface area contributed by atoms with Crippen molar-refractivity contribution in [1.29, 1.82) is 0 Å². The number of methoxy groups -OCH3 is 1. The van der Waals surface area contributed by atoms with E-state index < -0.39 is 0 Å². The summed E-state index contributed by atoms with van der Waals surface area (Å²) in [7, 11) is 1.65. The molecule has 150 valence electrons. The van der Waals surface area contributed by atoms with Gasteiger partial charge in [0.05, 0.1) is 18.3 Å². The van der Waals surface area contributed by atoms with Gasteiger partial charge in [0.2, 0.25) is 10.8 Å². The Bertz CT molecular complexity index is 1530. The van der Waals surface area contributed by atoms with Gasteiger partial charge in [0.25, 0.3) is 0 Å². The van der Waals surface area contributed by atoms with Crippen molar-refractivity contribution in [2.75, 3.05) is 7.11 Å². The molecule has 0 saturated carbocycles. The smallest absolute Gasteiger partial charge is 0.235 e. The van der Waals surface area contributed by atoms with Gasteiger partial charge in [0.15, 0.2) is 5.01 Å². The van der Waals surface area contributed by atoms with Crippen LogP contribution in [-0.4, -0.2) is 42.1 Å². The highest BCUT2D eigenvalue weighted by Crippen LogP contribution is 2.29. The molecule has 0 spiro atoms. The fraction of sp³-hybridized carbons (Fsp3) is 0.0455. The molecule has 31 heavy (non-hydrogen) atoms. The van der Waals surface area contributed by atoms with Crippen molar-refractivity contribution in [2.45, 2.75) is 0 Å². The number of fused-ring (bicyclic) bond motifs is 2. The van der Waals surface area contributed by atoms with Crippen LogP contribution < -0.4 is 4.74 Å². The van der Waals surface area contributed by atoms with Gasteiger partial charge in [-0.05, 0) is 42.5 Å². The Morgan fingerprint density at radius 3 is 2.68 bits per heavy atom. The predicted molar refractivity (Wildman–Crippen MR) is 119 cm³/mol. The molecule has 0 fully saturated rings. The number of rotatable bonds is 4. The first kappa shape index (κ1) is 17.7. The average molecular weight is 425 g/mol. The third-order valence-electron chi connectivity index (χ3n) is 5.01. The second kappa shape index (κ2) is 6.99. The van der Waals surface area contributed by atoms with E-state index in [0.29, 0.717) is 10.8 Å². The minimum atomic E-state index is 0.602. The van der Waals surface area contributed by atoms with Crippen LogP contribution in [0.3, 0.4) is 0 Å². The molecule has 4 heterocycles. The van der Waals surface area contributed by atoms with E-state index in [-0.39, 0.29) is 0 Å². The molecule has 0 unspecified atom stereocenters. The van der Waals surface area contributed by atoms with Crippen LogP contribution in [0.25, 0.3) is 49.3 Å². The lowest BCUT2D eigenvalue weighted by Gasteiger charge is -2.00. The van der Waals surface area contributed by atoms with Gasteiger partial charge in [-0.25, -0.2) is 4.98 Å². The van der Waals surface area contributed by atoms with Gasteiger partial charge in [-0.15, -0.1) is 10.2 Å². The zero-order chi connectivity index (χ0) is 20.8. The van der Waals surface area contributed by atoms with E-state index >= 15 is 0 Å². The van der Waals surface area contributed by atoms with E-state index in [1.165, 1.54) is 11.3 Å². The monoisotopic (exact) mass is 425 g/mol. The summed E-state index contributed by atoms with van der Waals surface area (Å²) >= 11 is 1.45. The Hall–Kier alpha value is -4.11. The van der Waals surface area contributed by atoms with E-state index in [1.807, 2.05) is 60.7 Å². The number of pyridine rings is 1. The van der Waals surface area contributed by atoms with Crippen molar-refractivity contribution < 1.29 is 4.74 Å². The maximum Gasteiger partial charge on any atom is 0.235 e. The van der Waals surface area contributed by atoms with Gasteiger partial charge in [-0.3, -0.25) is 5.10 Å². The molecule has 9 heteroatoms. The minimum Gasteiger partial charge on any atom is -0.497 e. The Labute approximate surface area is 180 Å². The van der Waals surface area contributed by atoms with Crippen LogP contribution >= 0.6 is 11.3 Å². The molecule has 8 nitrogen and oxygen atoms in total. The predicted octanol–water partition coefficient (Wildman–Crippen LogP) is 4.47. The van der Waals surface area contributed by atoms with Crippen LogP contribution in [0.1, 0.15) is 0 Å². The molecular formula is C22H15N7OS. The number of hydrogen-bond acceptors (Lipinski definition) is 7. The zero-order valence-corrected chi connectivity index (χ0v) is 17.2. The summed E-state index contributed by atoms with van der Waals surface area (Å²) in [4.78, 5) is 5.43. The Balaban J connectivity index is 1.37. The SMILES string of the molecule is COc1ccc(-c2cc(-c3nnc4sc(-c5ccc6ccccc6n5)nn34)[nH]n2)cc1. The van der Waals surface area contributed by atoms with E-state index in [1.54, 1.807) is 11.6 Å². The summed E-state index contributed by atoms with van der Waals surface area (Å²) < 4.78 is 6.94. The summed E-state index contributed by atoms with van der Waals surface area (Å²) in [6, 6.07) is 21.7. The second-order valence-electron chi connectivity index (χ2n) is 6.91. The first-order valence-electron chi connectivity index (χ1n) is 9.57. The normalized spacial score (nSPS) is 11.4. The van der Waals surface area contributed by atoms with E-state index in [9.17, 15) is 0 Å². The number of nitrogens with zero attached hydrogens (tertiary/aromatic N) is 6.